The van der Waals surface area contributed by atoms with Gasteiger partial charge in [0.15, 0.2) is 0 Å². The Morgan fingerprint density at radius 2 is 1.59 bits per heavy atom. The number of rotatable bonds is 7. The number of hydrogen-bond acceptors (Lipinski definition) is 3. The number of carboxylic acid groups (broad SMARTS) is 1. The summed E-state index contributed by atoms with van der Waals surface area (Å²) in [6.45, 7) is 1.63. The van der Waals surface area contributed by atoms with Gasteiger partial charge in [-0.2, -0.15) is 0 Å². The van der Waals surface area contributed by atoms with Crippen LogP contribution in [0.4, 0.5) is 0 Å². The summed E-state index contributed by atoms with van der Waals surface area (Å²) in [4.78, 5) is 13.5. The minimum Gasteiger partial charge on any atom is -0.480 e. The van der Waals surface area contributed by atoms with Crippen molar-refractivity contribution in [2.24, 2.45) is 0 Å². The third-order valence-corrected chi connectivity index (χ3v) is 6.53. The molecular formula is C21H21Cl4NO3. The number of hydrogen-bond donors (Lipinski definition) is 1. The van der Waals surface area contributed by atoms with Gasteiger partial charge in [0.2, 0.25) is 0 Å². The van der Waals surface area contributed by atoms with Crippen molar-refractivity contribution in [2.75, 3.05) is 19.7 Å². The summed E-state index contributed by atoms with van der Waals surface area (Å²) in [5.41, 5.74) is 1.65. The number of carbonyl (C=O) groups is 1. The molecule has 29 heavy (non-hydrogen) atoms. The topological polar surface area (TPSA) is 49.8 Å². The van der Waals surface area contributed by atoms with E-state index in [4.69, 9.17) is 51.1 Å². The van der Waals surface area contributed by atoms with Crippen LogP contribution >= 0.6 is 46.4 Å². The number of piperidine rings is 1. The van der Waals surface area contributed by atoms with E-state index in [1.807, 2.05) is 17.0 Å². The van der Waals surface area contributed by atoms with Crippen LogP contribution in [0.25, 0.3) is 0 Å². The highest BCUT2D eigenvalue weighted by Gasteiger charge is 2.28. The second kappa shape index (κ2) is 10.3. The lowest BCUT2D eigenvalue weighted by molar-refractivity contribution is -0.145. The zero-order valence-electron chi connectivity index (χ0n) is 15.6. The third-order valence-electron chi connectivity index (χ3n) is 5.05. The first-order valence-corrected chi connectivity index (χ1v) is 10.9. The fourth-order valence-electron chi connectivity index (χ4n) is 3.56. The summed E-state index contributed by atoms with van der Waals surface area (Å²) in [5, 5.41) is 11.2. The van der Waals surface area contributed by atoms with Gasteiger partial charge in [-0.1, -0.05) is 65.0 Å². The Balaban J connectivity index is 1.78. The lowest BCUT2D eigenvalue weighted by Gasteiger charge is -2.33. The maximum absolute atomic E-state index is 11.5. The number of ether oxygens (including phenoxy) is 1. The van der Waals surface area contributed by atoms with Crippen LogP contribution in [0.5, 0.6) is 0 Å². The molecule has 0 saturated carbocycles. The van der Waals surface area contributed by atoms with Crippen LogP contribution in [0.15, 0.2) is 36.4 Å². The van der Waals surface area contributed by atoms with Crippen LogP contribution in [0, 0.1) is 0 Å². The molecule has 0 bridgehead atoms. The van der Waals surface area contributed by atoms with Crippen LogP contribution in [0.3, 0.4) is 0 Å². The molecule has 1 unspecified atom stereocenters. The van der Waals surface area contributed by atoms with Gasteiger partial charge in [0.25, 0.3) is 0 Å². The van der Waals surface area contributed by atoms with E-state index in [0.717, 1.165) is 30.5 Å². The van der Waals surface area contributed by atoms with Crippen molar-refractivity contribution in [1.29, 1.82) is 0 Å². The van der Waals surface area contributed by atoms with Crippen LogP contribution in [0.1, 0.15) is 36.5 Å². The maximum atomic E-state index is 11.5. The molecule has 8 heteroatoms. The lowest BCUT2D eigenvalue weighted by atomic mass is 10.0. The van der Waals surface area contributed by atoms with Crippen molar-refractivity contribution in [2.45, 2.75) is 31.4 Å². The number of aliphatic carboxylic acids is 1. The van der Waals surface area contributed by atoms with E-state index in [1.165, 1.54) is 0 Å². The molecule has 1 saturated heterocycles. The molecule has 4 nitrogen and oxygen atoms in total. The molecular weight excluding hydrogens is 456 g/mol. The SMILES string of the molecule is O=C(O)C1CCCCN1CCOC(c1ccc(Cl)c(Cl)c1)c1ccc(Cl)c(Cl)c1. The molecule has 0 amide bonds. The molecule has 2 aromatic carbocycles. The van der Waals surface area contributed by atoms with Crippen LogP contribution in [0.2, 0.25) is 20.1 Å². The number of nitrogens with zero attached hydrogens (tertiary/aromatic N) is 1. The standard InChI is InChI=1S/C21H21Cl4NO3/c22-15-6-4-13(11-17(15)24)20(14-5-7-16(23)18(25)12-14)29-10-9-26-8-2-1-3-19(26)21(27)28/h4-7,11-12,19-20H,1-3,8-10H2,(H,27,28). The zero-order valence-corrected chi connectivity index (χ0v) is 18.6. The van der Waals surface area contributed by atoms with Crippen molar-refractivity contribution in [3.63, 3.8) is 0 Å². The summed E-state index contributed by atoms with van der Waals surface area (Å²) in [6.07, 6.45) is 2.15. The van der Waals surface area contributed by atoms with E-state index in [2.05, 4.69) is 0 Å². The normalized spacial score (nSPS) is 17.6. The highest BCUT2D eigenvalue weighted by molar-refractivity contribution is 6.42. The largest absolute Gasteiger partial charge is 0.480 e. The Hall–Kier alpha value is -1.01. The zero-order chi connectivity index (χ0) is 21.0. The van der Waals surface area contributed by atoms with Gasteiger partial charge >= 0.3 is 5.97 Å². The highest BCUT2D eigenvalue weighted by atomic mass is 35.5. The van der Waals surface area contributed by atoms with E-state index in [-0.39, 0.29) is 0 Å². The van der Waals surface area contributed by atoms with Crippen molar-refractivity contribution in [3.05, 3.63) is 67.6 Å². The molecule has 1 aliphatic heterocycles. The lowest BCUT2D eigenvalue weighted by Crippen LogP contribution is -2.46. The summed E-state index contributed by atoms with van der Waals surface area (Å²) in [6, 6.07) is 10.2. The third kappa shape index (κ3) is 5.78. The first-order valence-electron chi connectivity index (χ1n) is 9.35. The first kappa shape index (κ1) is 22.7. The Morgan fingerprint density at radius 1 is 1.00 bits per heavy atom. The van der Waals surface area contributed by atoms with Gasteiger partial charge < -0.3 is 9.84 Å². The van der Waals surface area contributed by atoms with E-state index in [1.54, 1.807) is 24.3 Å². The van der Waals surface area contributed by atoms with Gasteiger partial charge in [-0.05, 0) is 54.8 Å². The van der Waals surface area contributed by atoms with Crippen LogP contribution in [-0.2, 0) is 9.53 Å². The molecule has 156 valence electrons. The quantitative estimate of drug-likeness (QED) is 0.506. The molecule has 1 N–H and O–H groups in total. The van der Waals surface area contributed by atoms with Gasteiger partial charge in [0, 0.05) is 6.54 Å². The fourth-order valence-corrected chi connectivity index (χ4v) is 4.17. The van der Waals surface area contributed by atoms with Gasteiger partial charge in [-0.25, -0.2) is 0 Å². The van der Waals surface area contributed by atoms with Gasteiger partial charge in [0.05, 0.1) is 26.7 Å². The van der Waals surface area contributed by atoms with E-state index in [0.29, 0.717) is 39.7 Å². The summed E-state index contributed by atoms with van der Waals surface area (Å²) >= 11 is 24.5. The average Bonchev–Trinajstić information content (AvgIpc) is 2.70. The van der Waals surface area contributed by atoms with Crippen LogP contribution in [-0.4, -0.2) is 41.7 Å². The molecule has 0 spiro atoms. The minimum absolute atomic E-state index is 0.356. The molecule has 0 radical (unpaired) electrons. The molecule has 0 aliphatic carbocycles. The summed E-state index contributed by atoms with van der Waals surface area (Å²) in [5.74, 6) is -0.782. The molecule has 1 heterocycles. The van der Waals surface area contributed by atoms with E-state index >= 15 is 0 Å². The Labute approximate surface area is 190 Å². The highest BCUT2D eigenvalue weighted by Crippen LogP contribution is 2.34. The molecule has 1 aliphatic rings. The predicted molar refractivity (Wildman–Crippen MR) is 118 cm³/mol. The van der Waals surface area contributed by atoms with E-state index in [9.17, 15) is 9.90 Å². The Bertz CT molecular complexity index is 825. The van der Waals surface area contributed by atoms with Gasteiger partial charge in [0.1, 0.15) is 12.1 Å². The average molecular weight is 477 g/mol. The van der Waals surface area contributed by atoms with Crippen molar-refractivity contribution in [1.82, 2.24) is 4.90 Å². The first-order chi connectivity index (χ1) is 13.9. The Kier molecular flexibility index (Phi) is 8.08. The molecule has 1 atom stereocenters. The molecule has 1 fully saturated rings. The van der Waals surface area contributed by atoms with Gasteiger partial charge in [-0.15, -0.1) is 0 Å². The summed E-state index contributed by atoms with van der Waals surface area (Å²) < 4.78 is 6.20. The second-order valence-electron chi connectivity index (χ2n) is 6.98. The monoisotopic (exact) mass is 475 g/mol. The van der Waals surface area contributed by atoms with E-state index < -0.39 is 18.1 Å². The maximum Gasteiger partial charge on any atom is 0.320 e. The number of benzene rings is 2. The summed E-state index contributed by atoms with van der Waals surface area (Å²) in [7, 11) is 0. The fraction of sp³-hybridized carbons (Fsp3) is 0.381. The number of halogens is 4. The molecule has 0 aromatic heterocycles. The predicted octanol–water partition coefficient (Wildman–Crippen LogP) is 6.35. The number of carboxylic acids is 1. The van der Waals surface area contributed by atoms with Crippen molar-refractivity contribution in [3.8, 4) is 0 Å². The molecule has 3 rings (SSSR count). The molecule has 2 aromatic rings. The minimum atomic E-state index is -0.782. The van der Waals surface area contributed by atoms with Crippen LogP contribution < -0.4 is 0 Å². The smallest absolute Gasteiger partial charge is 0.320 e. The second-order valence-corrected chi connectivity index (χ2v) is 8.61. The Morgan fingerprint density at radius 3 is 2.10 bits per heavy atom. The number of likely N-dealkylation sites (tertiary alicyclic amines) is 1. The van der Waals surface area contributed by atoms with Crippen molar-refractivity contribution >= 4 is 52.4 Å². The van der Waals surface area contributed by atoms with Crippen molar-refractivity contribution < 1.29 is 14.6 Å². The van der Waals surface area contributed by atoms with Gasteiger partial charge in [-0.3, -0.25) is 9.69 Å².